The first-order chi connectivity index (χ1) is 14.0. The van der Waals surface area contributed by atoms with E-state index in [-0.39, 0.29) is 11.4 Å². The summed E-state index contributed by atoms with van der Waals surface area (Å²) in [7, 11) is 0. The smallest absolute Gasteiger partial charge is 0.269 e. The van der Waals surface area contributed by atoms with E-state index in [1.807, 2.05) is 42.5 Å². The predicted octanol–water partition coefficient (Wildman–Crippen LogP) is 5.70. The molecule has 0 saturated carbocycles. The van der Waals surface area contributed by atoms with Gasteiger partial charge in [-0.15, -0.1) is 0 Å². The number of aromatic hydroxyl groups is 1. The largest absolute Gasteiger partial charge is 0.505 e. The maximum Gasteiger partial charge on any atom is 0.269 e. The Hall–Kier alpha value is -3.64. The van der Waals surface area contributed by atoms with Gasteiger partial charge in [0.25, 0.3) is 5.69 Å². The summed E-state index contributed by atoms with van der Waals surface area (Å²) in [6.07, 6.45) is 1.63. The van der Waals surface area contributed by atoms with Crippen molar-refractivity contribution in [2.24, 2.45) is 0 Å². The molecule has 0 bridgehead atoms. The molecule has 2 N–H and O–H groups in total. The van der Waals surface area contributed by atoms with E-state index in [0.29, 0.717) is 21.8 Å². The highest BCUT2D eigenvalue weighted by Crippen LogP contribution is 2.38. The summed E-state index contributed by atoms with van der Waals surface area (Å²) in [5.41, 5.74) is 2.51. The van der Waals surface area contributed by atoms with Crippen molar-refractivity contribution < 1.29 is 10.0 Å². The molecule has 4 aromatic rings. The molecule has 1 aromatic heterocycles. The van der Waals surface area contributed by atoms with Crippen LogP contribution >= 0.6 is 11.6 Å². The van der Waals surface area contributed by atoms with Crippen LogP contribution < -0.4 is 5.32 Å². The van der Waals surface area contributed by atoms with Crippen LogP contribution in [0.4, 0.5) is 11.4 Å². The minimum absolute atomic E-state index is 0.00240. The van der Waals surface area contributed by atoms with Crippen LogP contribution in [0.1, 0.15) is 17.2 Å². The second kappa shape index (κ2) is 7.77. The fraction of sp³-hybridized carbons (Fsp3) is 0.0455. The van der Waals surface area contributed by atoms with Crippen molar-refractivity contribution in [2.75, 3.05) is 5.32 Å². The van der Waals surface area contributed by atoms with Gasteiger partial charge in [-0.2, -0.15) is 0 Å². The number of hydrogen-bond acceptors (Lipinski definition) is 5. The maximum atomic E-state index is 10.9. The SMILES string of the molecule is O=[N+]([O-])c1ccc(N[C@@H](c2ccccc2Cl)c2ccc3cccnc3c2O)cc1. The van der Waals surface area contributed by atoms with Crippen LogP contribution in [0.3, 0.4) is 0 Å². The summed E-state index contributed by atoms with van der Waals surface area (Å²) < 4.78 is 0. The average Bonchev–Trinajstić information content (AvgIpc) is 2.74. The molecule has 4 rings (SSSR count). The number of phenolic OH excluding ortho intramolecular Hbond substituents is 1. The molecule has 0 fully saturated rings. The summed E-state index contributed by atoms with van der Waals surface area (Å²) in [6, 6.07) is 20.3. The molecule has 6 nitrogen and oxygen atoms in total. The number of hydrogen-bond donors (Lipinski definition) is 2. The Labute approximate surface area is 171 Å². The highest BCUT2D eigenvalue weighted by Gasteiger charge is 2.22. The molecule has 0 unspecified atom stereocenters. The van der Waals surface area contributed by atoms with E-state index in [9.17, 15) is 15.2 Å². The standard InChI is InChI=1S/C22H16ClN3O3/c23-19-6-2-1-5-17(19)21(25-15-8-10-16(11-9-15)26(28)29)18-12-7-14-4-3-13-24-20(14)22(18)27/h1-13,21,25,27H/t21-/m0/s1. The molecule has 0 radical (unpaired) electrons. The van der Waals surface area contributed by atoms with Crippen LogP contribution in [-0.4, -0.2) is 15.0 Å². The number of nitro groups is 1. The van der Waals surface area contributed by atoms with Gasteiger partial charge in [0.2, 0.25) is 0 Å². The summed E-state index contributed by atoms with van der Waals surface area (Å²) >= 11 is 6.45. The number of nitrogens with zero attached hydrogens (tertiary/aromatic N) is 2. The number of non-ortho nitro benzene ring substituents is 1. The van der Waals surface area contributed by atoms with Gasteiger partial charge in [0.05, 0.1) is 11.0 Å². The van der Waals surface area contributed by atoms with Crippen LogP contribution in [0.2, 0.25) is 5.02 Å². The van der Waals surface area contributed by atoms with Gasteiger partial charge < -0.3 is 10.4 Å². The number of nitro benzene ring substituents is 1. The zero-order valence-electron chi connectivity index (χ0n) is 15.1. The predicted molar refractivity (Wildman–Crippen MR) is 113 cm³/mol. The van der Waals surface area contributed by atoms with Gasteiger partial charge in [0.15, 0.2) is 0 Å². The Balaban J connectivity index is 1.82. The Morgan fingerprint density at radius 3 is 2.45 bits per heavy atom. The number of nitrogens with one attached hydrogen (secondary N) is 1. The Morgan fingerprint density at radius 1 is 0.966 bits per heavy atom. The van der Waals surface area contributed by atoms with Crippen molar-refractivity contribution in [3.63, 3.8) is 0 Å². The molecule has 29 heavy (non-hydrogen) atoms. The van der Waals surface area contributed by atoms with Crippen LogP contribution in [-0.2, 0) is 0 Å². The van der Waals surface area contributed by atoms with E-state index >= 15 is 0 Å². The number of halogens is 1. The van der Waals surface area contributed by atoms with E-state index in [1.54, 1.807) is 24.4 Å². The van der Waals surface area contributed by atoms with E-state index in [1.165, 1.54) is 12.1 Å². The second-order valence-corrected chi connectivity index (χ2v) is 6.89. The van der Waals surface area contributed by atoms with Gasteiger partial charge in [-0.25, -0.2) is 0 Å². The fourth-order valence-electron chi connectivity index (χ4n) is 3.26. The van der Waals surface area contributed by atoms with Crippen molar-refractivity contribution in [1.82, 2.24) is 4.98 Å². The van der Waals surface area contributed by atoms with Gasteiger partial charge in [-0.05, 0) is 29.8 Å². The lowest BCUT2D eigenvalue weighted by atomic mass is 9.96. The first kappa shape index (κ1) is 18.7. The molecule has 0 aliphatic carbocycles. The summed E-state index contributed by atoms with van der Waals surface area (Å²) in [6.45, 7) is 0. The van der Waals surface area contributed by atoms with E-state index < -0.39 is 11.0 Å². The maximum absolute atomic E-state index is 10.9. The zero-order chi connectivity index (χ0) is 20.4. The molecule has 144 valence electrons. The molecule has 1 atom stereocenters. The number of fused-ring (bicyclic) bond motifs is 1. The number of aromatic nitrogens is 1. The molecule has 0 saturated heterocycles. The fourth-order valence-corrected chi connectivity index (χ4v) is 3.50. The topological polar surface area (TPSA) is 88.3 Å². The van der Waals surface area contributed by atoms with Crippen LogP contribution in [0.15, 0.2) is 79.0 Å². The Kier molecular flexibility index (Phi) is 5.01. The van der Waals surface area contributed by atoms with Gasteiger partial charge >= 0.3 is 0 Å². The minimum Gasteiger partial charge on any atom is -0.505 e. The first-order valence-corrected chi connectivity index (χ1v) is 9.24. The quantitative estimate of drug-likeness (QED) is 0.328. The van der Waals surface area contributed by atoms with Crippen molar-refractivity contribution in [1.29, 1.82) is 0 Å². The monoisotopic (exact) mass is 405 g/mol. The number of anilines is 1. The molecule has 0 aliphatic rings. The minimum atomic E-state index is -0.489. The van der Waals surface area contributed by atoms with Crippen LogP contribution in [0.25, 0.3) is 10.9 Å². The van der Waals surface area contributed by atoms with Gasteiger partial charge in [0, 0.05) is 40.0 Å². The molecular weight excluding hydrogens is 390 g/mol. The first-order valence-electron chi connectivity index (χ1n) is 8.86. The lowest BCUT2D eigenvalue weighted by Gasteiger charge is -2.23. The van der Waals surface area contributed by atoms with Crippen LogP contribution in [0, 0.1) is 10.1 Å². The zero-order valence-corrected chi connectivity index (χ0v) is 15.9. The lowest BCUT2D eigenvalue weighted by molar-refractivity contribution is -0.384. The van der Waals surface area contributed by atoms with E-state index in [2.05, 4.69) is 10.3 Å². The molecule has 0 spiro atoms. The molecular formula is C22H16ClN3O3. The Morgan fingerprint density at radius 2 is 1.72 bits per heavy atom. The highest BCUT2D eigenvalue weighted by atomic mass is 35.5. The van der Waals surface area contributed by atoms with Crippen LogP contribution in [0.5, 0.6) is 5.75 Å². The normalized spacial score (nSPS) is 11.9. The molecule has 0 aliphatic heterocycles. The van der Waals surface area contributed by atoms with E-state index in [0.717, 1.165) is 10.9 Å². The summed E-state index contributed by atoms with van der Waals surface area (Å²) in [4.78, 5) is 14.8. The lowest BCUT2D eigenvalue weighted by Crippen LogP contribution is -2.13. The third kappa shape index (κ3) is 3.70. The van der Waals surface area contributed by atoms with Gasteiger partial charge in [-0.3, -0.25) is 15.1 Å². The number of rotatable bonds is 5. The third-order valence-electron chi connectivity index (χ3n) is 4.70. The summed E-state index contributed by atoms with van der Waals surface area (Å²) in [5.74, 6) is 0.0578. The Bertz CT molecular complexity index is 1200. The highest BCUT2D eigenvalue weighted by molar-refractivity contribution is 6.31. The van der Waals surface area contributed by atoms with Gasteiger partial charge in [-0.1, -0.05) is 48.0 Å². The average molecular weight is 406 g/mol. The number of pyridine rings is 1. The number of phenols is 1. The van der Waals surface area contributed by atoms with E-state index in [4.69, 9.17) is 11.6 Å². The third-order valence-corrected chi connectivity index (χ3v) is 5.04. The van der Waals surface area contributed by atoms with Crippen molar-refractivity contribution >= 4 is 33.9 Å². The molecule has 3 aromatic carbocycles. The molecule has 1 heterocycles. The van der Waals surface area contributed by atoms with Crippen molar-refractivity contribution in [3.05, 3.63) is 105 Å². The van der Waals surface area contributed by atoms with Crippen molar-refractivity contribution in [3.8, 4) is 5.75 Å². The van der Waals surface area contributed by atoms with Crippen molar-refractivity contribution in [2.45, 2.75) is 6.04 Å². The number of benzene rings is 3. The molecule has 0 amide bonds. The summed E-state index contributed by atoms with van der Waals surface area (Å²) in [5, 5.41) is 26.5. The second-order valence-electron chi connectivity index (χ2n) is 6.48. The van der Waals surface area contributed by atoms with Gasteiger partial charge in [0.1, 0.15) is 11.3 Å². The molecule has 7 heteroatoms.